The molecule has 1 aromatic heterocycles. The van der Waals surface area contributed by atoms with Crippen LogP contribution in [0.4, 0.5) is 0 Å². The Morgan fingerprint density at radius 2 is 2.10 bits per heavy atom. The second kappa shape index (κ2) is 6.18. The van der Waals surface area contributed by atoms with Crippen molar-refractivity contribution in [1.82, 2.24) is 0 Å². The van der Waals surface area contributed by atoms with Crippen LogP contribution in [0.15, 0.2) is 27.4 Å². The van der Waals surface area contributed by atoms with Gasteiger partial charge in [0.2, 0.25) is 0 Å². The standard InChI is InChI=1S/C15H15ClO5/c1-4-9-5-14(17)21-12-7-13(11(16)6-10(9)12)20-8(2)15(18)19-3/h5-8H,4H2,1-3H3. The van der Waals surface area contributed by atoms with E-state index in [-0.39, 0.29) is 5.75 Å². The summed E-state index contributed by atoms with van der Waals surface area (Å²) < 4.78 is 15.2. The predicted molar refractivity (Wildman–Crippen MR) is 79.0 cm³/mol. The van der Waals surface area contributed by atoms with E-state index < -0.39 is 17.7 Å². The summed E-state index contributed by atoms with van der Waals surface area (Å²) in [4.78, 5) is 22.9. The van der Waals surface area contributed by atoms with Crippen molar-refractivity contribution >= 4 is 28.5 Å². The SMILES string of the molecule is CCc1cc(=O)oc2cc(OC(C)C(=O)OC)c(Cl)cc12. The van der Waals surface area contributed by atoms with Crippen molar-refractivity contribution in [3.05, 3.63) is 39.2 Å². The highest BCUT2D eigenvalue weighted by atomic mass is 35.5. The van der Waals surface area contributed by atoms with Gasteiger partial charge < -0.3 is 13.9 Å². The van der Waals surface area contributed by atoms with Crippen LogP contribution < -0.4 is 10.4 Å². The zero-order valence-corrected chi connectivity index (χ0v) is 12.7. The molecule has 1 heterocycles. The monoisotopic (exact) mass is 310 g/mol. The normalized spacial score (nSPS) is 12.2. The molecule has 6 heteroatoms. The fraction of sp³-hybridized carbons (Fsp3) is 0.333. The quantitative estimate of drug-likeness (QED) is 0.641. The smallest absolute Gasteiger partial charge is 0.346 e. The van der Waals surface area contributed by atoms with Gasteiger partial charge in [-0.1, -0.05) is 18.5 Å². The van der Waals surface area contributed by atoms with Crippen molar-refractivity contribution in [1.29, 1.82) is 0 Å². The van der Waals surface area contributed by atoms with Crippen LogP contribution in [0.2, 0.25) is 5.02 Å². The van der Waals surface area contributed by atoms with Gasteiger partial charge in [-0.25, -0.2) is 9.59 Å². The average molecular weight is 311 g/mol. The van der Waals surface area contributed by atoms with Crippen molar-refractivity contribution in [3.8, 4) is 5.75 Å². The van der Waals surface area contributed by atoms with Gasteiger partial charge >= 0.3 is 11.6 Å². The number of fused-ring (bicyclic) bond motifs is 1. The molecule has 0 saturated heterocycles. The molecule has 1 atom stereocenters. The van der Waals surface area contributed by atoms with Gasteiger partial charge in [-0.2, -0.15) is 0 Å². The third-order valence-electron chi connectivity index (χ3n) is 3.10. The lowest BCUT2D eigenvalue weighted by atomic mass is 10.1. The summed E-state index contributed by atoms with van der Waals surface area (Å²) >= 11 is 6.17. The molecule has 0 aliphatic carbocycles. The summed E-state index contributed by atoms with van der Waals surface area (Å²) in [5, 5.41) is 1.09. The van der Waals surface area contributed by atoms with Crippen LogP contribution in [0, 0.1) is 0 Å². The van der Waals surface area contributed by atoms with Crippen molar-refractivity contribution < 1.29 is 18.7 Å². The van der Waals surface area contributed by atoms with E-state index in [1.165, 1.54) is 19.2 Å². The van der Waals surface area contributed by atoms with Gasteiger partial charge in [0.25, 0.3) is 0 Å². The Hall–Kier alpha value is -2.01. The molecule has 2 rings (SSSR count). The Bertz CT molecular complexity index is 735. The molecule has 21 heavy (non-hydrogen) atoms. The maximum atomic E-state index is 11.5. The molecule has 0 bridgehead atoms. The van der Waals surface area contributed by atoms with Crippen LogP contribution in [-0.2, 0) is 16.0 Å². The lowest BCUT2D eigenvalue weighted by Crippen LogP contribution is -2.25. The van der Waals surface area contributed by atoms with Gasteiger partial charge in [0, 0.05) is 17.5 Å². The van der Waals surface area contributed by atoms with Gasteiger partial charge in [-0.15, -0.1) is 0 Å². The highest BCUT2D eigenvalue weighted by Gasteiger charge is 2.18. The number of aryl methyl sites for hydroxylation is 1. The largest absolute Gasteiger partial charge is 0.477 e. The van der Waals surface area contributed by atoms with E-state index in [4.69, 9.17) is 20.8 Å². The topological polar surface area (TPSA) is 65.7 Å². The minimum absolute atomic E-state index is 0.262. The van der Waals surface area contributed by atoms with Crippen LogP contribution in [0.3, 0.4) is 0 Å². The lowest BCUT2D eigenvalue weighted by Gasteiger charge is -2.14. The maximum Gasteiger partial charge on any atom is 0.346 e. The summed E-state index contributed by atoms with van der Waals surface area (Å²) in [6, 6.07) is 4.62. The zero-order chi connectivity index (χ0) is 15.6. The van der Waals surface area contributed by atoms with E-state index in [2.05, 4.69) is 4.74 Å². The van der Waals surface area contributed by atoms with Crippen LogP contribution in [0.5, 0.6) is 5.75 Å². The fourth-order valence-corrected chi connectivity index (χ4v) is 2.22. The molecule has 0 spiro atoms. The number of benzene rings is 1. The van der Waals surface area contributed by atoms with Crippen molar-refractivity contribution in [2.24, 2.45) is 0 Å². The molecule has 5 nitrogen and oxygen atoms in total. The molecule has 0 fully saturated rings. The Balaban J connectivity index is 2.50. The number of rotatable bonds is 4. The number of carbonyl (C=O) groups excluding carboxylic acids is 1. The molecule has 0 N–H and O–H groups in total. The molecule has 0 aliphatic rings. The molecule has 112 valence electrons. The molecular weight excluding hydrogens is 296 g/mol. The minimum atomic E-state index is -0.814. The third-order valence-corrected chi connectivity index (χ3v) is 3.40. The highest BCUT2D eigenvalue weighted by molar-refractivity contribution is 6.32. The summed E-state index contributed by atoms with van der Waals surface area (Å²) in [5.74, 6) is -0.256. The molecule has 0 amide bonds. The van der Waals surface area contributed by atoms with Gasteiger partial charge in [-0.3, -0.25) is 0 Å². The van der Waals surface area contributed by atoms with Crippen molar-refractivity contribution in [2.75, 3.05) is 7.11 Å². The van der Waals surface area contributed by atoms with Crippen LogP contribution in [0.1, 0.15) is 19.4 Å². The molecule has 1 aromatic carbocycles. The molecule has 0 saturated carbocycles. The lowest BCUT2D eigenvalue weighted by molar-refractivity contribution is -0.147. The van der Waals surface area contributed by atoms with Gasteiger partial charge in [0.1, 0.15) is 11.3 Å². The number of methoxy groups -OCH3 is 1. The van der Waals surface area contributed by atoms with E-state index in [0.29, 0.717) is 17.0 Å². The fourth-order valence-electron chi connectivity index (χ4n) is 2.02. The first-order chi connectivity index (χ1) is 9.96. The Kier molecular flexibility index (Phi) is 4.53. The molecular formula is C15H15ClO5. The molecule has 1 unspecified atom stereocenters. The summed E-state index contributed by atoms with van der Waals surface area (Å²) in [6.45, 7) is 3.48. The number of ether oxygens (including phenoxy) is 2. The number of carbonyl (C=O) groups is 1. The number of halogens is 1. The highest BCUT2D eigenvalue weighted by Crippen LogP contribution is 2.32. The predicted octanol–water partition coefficient (Wildman–Crippen LogP) is 2.95. The van der Waals surface area contributed by atoms with E-state index >= 15 is 0 Å². The van der Waals surface area contributed by atoms with Crippen molar-refractivity contribution in [2.45, 2.75) is 26.4 Å². The van der Waals surface area contributed by atoms with Gasteiger partial charge in [0.15, 0.2) is 6.10 Å². The van der Waals surface area contributed by atoms with Crippen LogP contribution >= 0.6 is 11.6 Å². The number of hydrogen-bond acceptors (Lipinski definition) is 5. The number of esters is 1. The van der Waals surface area contributed by atoms with Crippen LogP contribution in [-0.4, -0.2) is 19.2 Å². The second-order valence-corrected chi connectivity index (χ2v) is 4.91. The average Bonchev–Trinajstić information content (AvgIpc) is 2.46. The first kappa shape index (κ1) is 15.4. The summed E-state index contributed by atoms with van der Waals surface area (Å²) in [5.41, 5.74) is 0.778. The summed E-state index contributed by atoms with van der Waals surface area (Å²) in [6.07, 6.45) is -0.136. The Labute approximate surface area is 126 Å². The molecule has 0 radical (unpaired) electrons. The number of hydrogen-bond donors (Lipinski definition) is 0. The first-order valence-corrected chi connectivity index (χ1v) is 6.84. The Morgan fingerprint density at radius 3 is 2.71 bits per heavy atom. The maximum absolute atomic E-state index is 11.5. The van der Waals surface area contributed by atoms with E-state index in [0.717, 1.165) is 10.9 Å². The van der Waals surface area contributed by atoms with Crippen molar-refractivity contribution in [3.63, 3.8) is 0 Å². The Morgan fingerprint density at radius 1 is 1.38 bits per heavy atom. The molecule has 0 aliphatic heterocycles. The van der Waals surface area contributed by atoms with E-state index in [1.807, 2.05) is 6.92 Å². The van der Waals surface area contributed by atoms with E-state index in [9.17, 15) is 9.59 Å². The zero-order valence-electron chi connectivity index (χ0n) is 11.9. The minimum Gasteiger partial charge on any atom is -0.477 e. The first-order valence-electron chi connectivity index (χ1n) is 6.47. The summed E-state index contributed by atoms with van der Waals surface area (Å²) in [7, 11) is 1.27. The van der Waals surface area contributed by atoms with E-state index in [1.54, 1.807) is 13.0 Å². The van der Waals surface area contributed by atoms with Gasteiger partial charge in [-0.05, 0) is 25.0 Å². The van der Waals surface area contributed by atoms with Crippen LogP contribution in [0.25, 0.3) is 11.0 Å². The second-order valence-electron chi connectivity index (χ2n) is 4.51. The third kappa shape index (κ3) is 3.19. The molecule has 2 aromatic rings. The van der Waals surface area contributed by atoms with Gasteiger partial charge in [0.05, 0.1) is 12.1 Å².